The maximum absolute atomic E-state index is 12.0. The Morgan fingerprint density at radius 2 is 2.35 bits per heavy atom. The van der Waals surface area contributed by atoms with E-state index in [4.69, 9.17) is 22.1 Å². The number of hydrogen-bond acceptors (Lipinski definition) is 5. The summed E-state index contributed by atoms with van der Waals surface area (Å²) in [7, 11) is 0. The van der Waals surface area contributed by atoms with Crippen molar-refractivity contribution in [3.05, 3.63) is 47.3 Å². The number of carbonyl (C=O) groups is 1. The van der Waals surface area contributed by atoms with E-state index >= 15 is 0 Å². The molecule has 2 rings (SSSR count). The van der Waals surface area contributed by atoms with Crippen LogP contribution in [0, 0.1) is 0 Å². The fraction of sp³-hybridized carbons (Fsp3) is 0.214. The lowest BCUT2D eigenvalue weighted by molar-refractivity contribution is 0.170. The zero-order chi connectivity index (χ0) is 16.7. The molecule has 122 valence electrons. The molecule has 0 spiro atoms. The first kappa shape index (κ1) is 16.8. The van der Waals surface area contributed by atoms with Crippen LogP contribution < -0.4 is 21.3 Å². The molecule has 1 aromatic carbocycles. The zero-order valence-electron chi connectivity index (χ0n) is 12.1. The topological polar surface area (TPSA) is 115 Å². The summed E-state index contributed by atoms with van der Waals surface area (Å²) in [5.41, 5.74) is 5.77. The number of nitrogens with one attached hydrogen (secondary N) is 1. The molecule has 9 heteroatoms. The third-order valence-corrected chi connectivity index (χ3v) is 2.96. The number of ether oxygens (including phenoxy) is 1. The van der Waals surface area contributed by atoms with Gasteiger partial charge in [-0.15, -0.1) is 0 Å². The van der Waals surface area contributed by atoms with Gasteiger partial charge in [0.1, 0.15) is 5.75 Å². The highest BCUT2D eigenvalue weighted by atomic mass is 35.5. The van der Waals surface area contributed by atoms with E-state index in [1.54, 1.807) is 18.2 Å². The molecule has 0 saturated carbocycles. The van der Waals surface area contributed by atoms with Crippen molar-refractivity contribution in [1.82, 2.24) is 9.71 Å². The summed E-state index contributed by atoms with van der Waals surface area (Å²) in [5, 5.41) is 12.5. The lowest BCUT2D eigenvalue weighted by atomic mass is 10.3. The van der Waals surface area contributed by atoms with Crippen molar-refractivity contribution < 1.29 is 14.7 Å². The Hall–Kier alpha value is -2.58. The first-order chi connectivity index (χ1) is 11.1. The van der Waals surface area contributed by atoms with Crippen molar-refractivity contribution in [2.75, 3.05) is 18.5 Å². The van der Waals surface area contributed by atoms with Crippen LogP contribution in [0.25, 0.3) is 0 Å². The molecule has 1 heterocycles. The number of halogens is 1. The average molecular weight is 338 g/mol. The number of amides is 2. The Labute approximate surface area is 137 Å². The van der Waals surface area contributed by atoms with Crippen LogP contribution in [-0.2, 0) is 0 Å². The van der Waals surface area contributed by atoms with Crippen LogP contribution in [0.1, 0.15) is 6.42 Å². The highest BCUT2D eigenvalue weighted by Gasteiger charge is 2.08. The smallest absolute Gasteiger partial charge is 0.347 e. The quantitative estimate of drug-likeness (QED) is 0.566. The van der Waals surface area contributed by atoms with Crippen LogP contribution in [-0.4, -0.2) is 34.1 Å². The summed E-state index contributed by atoms with van der Waals surface area (Å²) in [4.78, 5) is 19.5. The van der Waals surface area contributed by atoms with Gasteiger partial charge < -0.3 is 21.0 Å². The molecule has 0 bridgehead atoms. The van der Waals surface area contributed by atoms with Crippen molar-refractivity contribution in [2.24, 2.45) is 10.7 Å². The number of anilines is 1. The number of carbonyl (C=O) groups excluding carboxylic acids is 1. The summed E-state index contributed by atoms with van der Waals surface area (Å²) in [6.45, 7) is 0.916. The van der Waals surface area contributed by atoms with E-state index in [0.29, 0.717) is 40.8 Å². The molecule has 1 aromatic heterocycles. The number of aromatic nitrogens is 2. The van der Waals surface area contributed by atoms with Gasteiger partial charge in [0.2, 0.25) is 0 Å². The lowest BCUT2D eigenvalue weighted by Crippen LogP contribution is -2.22. The highest BCUT2D eigenvalue weighted by molar-refractivity contribution is 6.31. The molecule has 23 heavy (non-hydrogen) atoms. The molecule has 0 saturated heterocycles. The van der Waals surface area contributed by atoms with E-state index in [1.807, 2.05) is 0 Å². The third-order valence-electron chi connectivity index (χ3n) is 2.72. The molecule has 0 aliphatic rings. The van der Waals surface area contributed by atoms with Gasteiger partial charge in [-0.2, -0.15) is 9.72 Å². The predicted octanol–water partition coefficient (Wildman–Crippen LogP) is 1.63. The second-order valence-corrected chi connectivity index (χ2v) is 4.89. The second-order valence-electron chi connectivity index (χ2n) is 4.45. The van der Waals surface area contributed by atoms with Crippen molar-refractivity contribution in [3.63, 3.8) is 0 Å². The van der Waals surface area contributed by atoms with E-state index < -0.39 is 6.03 Å². The number of hydrogen-bond donors (Lipinski definition) is 3. The van der Waals surface area contributed by atoms with Gasteiger partial charge in [0, 0.05) is 11.2 Å². The first-order valence-electron chi connectivity index (χ1n) is 6.80. The Morgan fingerprint density at radius 1 is 1.52 bits per heavy atom. The van der Waals surface area contributed by atoms with Gasteiger partial charge in [0.25, 0.3) is 0 Å². The highest BCUT2D eigenvalue weighted by Crippen LogP contribution is 2.28. The van der Waals surface area contributed by atoms with Gasteiger partial charge in [-0.25, -0.2) is 4.79 Å². The molecule has 0 atom stereocenters. The van der Waals surface area contributed by atoms with E-state index in [2.05, 4.69) is 15.3 Å². The molecular formula is C14H16ClN5O3. The molecule has 0 unspecified atom stereocenters. The summed E-state index contributed by atoms with van der Waals surface area (Å²) in [5.74, 6) is 0.453. The van der Waals surface area contributed by atoms with E-state index in [1.165, 1.54) is 18.6 Å². The number of urea groups is 1. The fourth-order valence-corrected chi connectivity index (χ4v) is 1.84. The average Bonchev–Trinajstić information content (AvgIpc) is 2.52. The Morgan fingerprint density at radius 3 is 3.09 bits per heavy atom. The number of rotatable bonds is 5. The van der Waals surface area contributed by atoms with Gasteiger partial charge in [0.05, 0.1) is 24.7 Å². The minimum absolute atomic E-state index is 0.0161. The summed E-state index contributed by atoms with van der Waals surface area (Å²) in [6.07, 6.45) is 4.54. The van der Waals surface area contributed by atoms with Gasteiger partial charge in [-0.05, 0) is 31.2 Å². The maximum Gasteiger partial charge on any atom is 0.347 e. The number of nitrogens with zero attached hydrogens (tertiary/aromatic N) is 3. The van der Waals surface area contributed by atoms with E-state index in [9.17, 15) is 10.0 Å². The first-order valence-corrected chi connectivity index (χ1v) is 7.18. The Kier molecular flexibility index (Phi) is 5.95. The Balaban J connectivity index is 2.18. The molecular weight excluding hydrogens is 322 g/mol. The van der Waals surface area contributed by atoms with Gasteiger partial charge in [-0.1, -0.05) is 11.6 Å². The fourth-order valence-electron chi connectivity index (χ4n) is 1.67. The summed E-state index contributed by atoms with van der Waals surface area (Å²) >= 11 is 5.94. The number of nitrogens with two attached hydrogens (primary N) is 1. The lowest BCUT2D eigenvalue weighted by Gasteiger charge is -2.11. The van der Waals surface area contributed by atoms with Gasteiger partial charge >= 0.3 is 6.03 Å². The second kappa shape index (κ2) is 8.16. The van der Waals surface area contributed by atoms with Gasteiger partial charge in [-0.3, -0.25) is 4.98 Å². The van der Waals surface area contributed by atoms with Crippen molar-refractivity contribution in [3.8, 4) is 5.75 Å². The Bertz CT molecular complexity index is 747. The largest absolute Gasteiger partial charge is 0.491 e. The SMILES string of the molecule is NCCCOc1ccc(Cl)cc1NC(=O)N=c1cnccn1O. The maximum atomic E-state index is 12.0. The van der Waals surface area contributed by atoms with E-state index in [-0.39, 0.29) is 5.49 Å². The molecule has 2 amide bonds. The van der Waals surface area contributed by atoms with Gasteiger partial charge in [0.15, 0.2) is 5.49 Å². The monoisotopic (exact) mass is 337 g/mol. The predicted molar refractivity (Wildman–Crippen MR) is 84.6 cm³/mol. The molecule has 2 aromatic rings. The normalized spacial score (nSPS) is 11.3. The molecule has 0 fully saturated rings. The van der Waals surface area contributed by atoms with Crippen LogP contribution in [0.5, 0.6) is 5.75 Å². The van der Waals surface area contributed by atoms with Crippen LogP contribution in [0.2, 0.25) is 5.02 Å². The van der Waals surface area contributed by atoms with Crippen molar-refractivity contribution >= 4 is 23.3 Å². The molecule has 0 aliphatic heterocycles. The van der Waals surface area contributed by atoms with Crippen LogP contribution in [0.4, 0.5) is 10.5 Å². The third kappa shape index (κ3) is 4.97. The summed E-state index contributed by atoms with van der Waals surface area (Å²) < 4.78 is 6.23. The van der Waals surface area contributed by atoms with E-state index in [0.717, 1.165) is 0 Å². The van der Waals surface area contributed by atoms with Crippen LogP contribution in [0.3, 0.4) is 0 Å². The minimum Gasteiger partial charge on any atom is -0.491 e. The standard InChI is InChI=1S/C14H16ClN5O3/c15-10-2-3-12(23-7-1-4-16)11(8-10)18-14(21)19-13-9-17-5-6-20(13)22/h2-3,5-6,8-9,22H,1,4,7,16H2,(H,18,21). The van der Waals surface area contributed by atoms with Crippen molar-refractivity contribution in [2.45, 2.75) is 6.42 Å². The molecule has 4 N–H and O–H groups in total. The molecule has 0 aliphatic carbocycles. The van der Waals surface area contributed by atoms with Crippen LogP contribution in [0.15, 0.2) is 41.8 Å². The molecule has 8 nitrogen and oxygen atoms in total. The zero-order valence-corrected chi connectivity index (χ0v) is 12.9. The van der Waals surface area contributed by atoms with Crippen molar-refractivity contribution in [1.29, 1.82) is 0 Å². The molecule has 0 radical (unpaired) electrons. The minimum atomic E-state index is -0.702. The number of benzene rings is 1. The van der Waals surface area contributed by atoms with Crippen LogP contribution >= 0.6 is 11.6 Å². The summed E-state index contributed by atoms with van der Waals surface area (Å²) in [6, 6.07) is 4.13.